The molecule has 0 saturated carbocycles. The van der Waals surface area contributed by atoms with E-state index in [0.29, 0.717) is 6.42 Å². The second kappa shape index (κ2) is 6.44. The lowest BCUT2D eigenvalue weighted by Gasteiger charge is -2.18. The average molecular weight is 269 g/mol. The highest BCUT2D eigenvalue weighted by Gasteiger charge is 2.22. The molecule has 2 nitrogen and oxygen atoms in total. The minimum atomic E-state index is -0.934. The van der Waals surface area contributed by atoms with Crippen LogP contribution in [-0.2, 0) is 0 Å². The van der Waals surface area contributed by atoms with Crippen molar-refractivity contribution in [3.05, 3.63) is 35.4 Å². The summed E-state index contributed by atoms with van der Waals surface area (Å²) in [5.41, 5.74) is 0.0613. The van der Waals surface area contributed by atoms with Crippen molar-refractivity contribution < 1.29 is 13.9 Å². The van der Waals surface area contributed by atoms with E-state index in [1.54, 1.807) is 0 Å². The number of halogens is 2. The number of aliphatic hydroxyl groups is 1. The Morgan fingerprint density at radius 1 is 1.42 bits per heavy atom. The van der Waals surface area contributed by atoms with E-state index in [4.69, 9.17) is 0 Å². The molecule has 19 heavy (non-hydrogen) atoms. The topological polar surface area (TPSA) is 23.5 Å². The van der Waals surface area contributed by atoms with Crippen molar-refractivity contribution in [1.29, 1.82) is 0 Å². The van der Waals surface area contributed by atoms with Crippen LogP contribution in [0.25, 0.3) is 0 Å². The largest absolute Gasteiger partial charge is 0.388 e. The fourth-order valence-electron chi connectivity index (χ4n) is 2.69. The first kappa shape index (κ1) is 14.4. The molecule has 4 heteroatoms. The van der Waals surface area contributed by atoms with Crippen LogP contribution in [0.5, 0.6) is 0 Å². The molecular weight excluding hydrogens is 248 g/mol. The van der Waals surface area contributed by atoms with Crippen LogP contribution in [0.4, 0.5) is 8.78 Å². The smallest absolute Gasteiger partial charge is 0.164 e. The summed E-state index contributed by atoms with van der Waals surface area (Å²) in [6.45, 7) is 5.00. The second-order valence-corrected chi connectivity index (χ2v) is 5.31. The summed E-state index contributed by atoms with van der Waals surface area (Å²) in [6.07, 6.45) is 1.88. The number of aliphatic hydroxyl groups excluding tert-OH is 1. The SMILES string of the molecule is CCC1CCN(CCC(O)c2cccc(F)c2F)C1. The Labute approximate surface area is 113 Å². The summed E-state index contributed by atoms with van der Waals surface area (Å²) in [5.74, 6) is -1.09. The van der Waals surface area contributed by atoms with E-state index in [1.165, 1.54) is 25.0 Å². The van der Waals surface area contributed by atoms with Gasteiger partial charge in [0.1, 0.15) is 0 Å². The minimum absolute atomic E-state index is 0.0613. The Balaban J connectivity index is 1.88. The van der Waals surface area contributed by atoms with E-state index in [2.05, 4.69) is 11.8 Å². The third-order valence-corrected chi connectivity index (χ3v) is 4.01. The maximum Gasteiger partial charge on any atom is 0.164 e. The van der Waals surface area contributed by atoms with Gasteiger partial charge >= 0.3 is 0 Å². The maximum atomic E-state index is 13.5. The number of likely N-dealkylation sites (tertiary alicyclic amines) is 1. The Bertz CT molecular complexity index is 425. The van der Waals surface area contributed by atoms with E-state index in [-0.39, 0.29) is 5.56 Å². The molecule has 1 saturated heterocycles. The van der Waals surface area contributed by atoms with Crippen molar-refractivity contribution in [2.24, 2.45) is 5.92 Å². The molecule has 0 aromatic heterocycles. The molecule has 2 atom stereocenters. The summed E-state index contributed by atoms with van der Waals surface area (Å²) in [6, 6.07) is 3.94. The Hall–Kier alpha value is -1.00. The second-order valence-electron chi connectivity index (χ2n) is 5.31. The highest BCUT2D eigenvalue weighted by atomic mass is 19.2. The van der Waals surface area contributed by atoms with Crippen molar-refractivity contribution in [2.75, 3.05) is 19.6 Å². The van der Waals surface area contributed by atoms with Gasteiger partial charge in [-0.2, -0.15) is 0 Å². The lowest BCUT2D eigenvalue weighted by Crippen LogP contribution is -2.23. The number of benzene rings is 1. The van der Waals surface area contributed by atoms with Crippen molar-refractivity contribution in [3.63, 3.8) is 0 Å². The molecular formula is C15H21F2NO. The monoisotopic (exact) mass is 269 g/mol. The van der Waals surface area contributed by atoms with Gasteiger partial charge in [-0.25, -0.2) is 8.78 Å². The van der Waals surface area contributed by atoms with E-state index in [1.807, 2.05) is 0 Å². The number of hydrogen-bond donors (Lipinski definition) is 1. The Morgan fingerprint density at radius 2 is 2.21 bits per heavy atom. The van der Waals surface area contributed by atoms with Crippen LogP contribution < -0.4 is 0 Å². The molecule has 2 unspecified atom stereocenters. The van der Waals surface area contributed by atoms with Crippen LogP contribution >= 0.6 is 0 Å². The summed E-state index contributed by atoms with van der Waals surface area (Å²) >= 11 is 0. The van der Waals surface area contributed by atoms with Crippen LogP contribution in [0.1, 0.15) is 37.9 Å². The molecule has 1 heterocycles. The Morgan fingerprint density at radius 3 is 2.89 bits per heavy atom. The summed E-state index contributed by atoms with van der Waals surface area (Å²) in [5, 5.41) is 9.98. The standard InChI is InChI=1S/C15H21F2NO/c1-2-11-6-8-18(10-11)9-7-14(19)12-4-3-5-13(16)15(12)17/h3-5,11,14,19H,2,6-10H2,1H3. The highest BCUT2D eigenvalue weighted by Crippen LogP contribution is 2.24. The fraction of sp³-hybridized carbons (Fsp3) is 0.600. The van der Waals surface area contributed by atoms with Crippen LogP contribution in [-0.4, -0.2) is 29.6 Å². The summed E-state index contributed by atoms with van der Waals surface area (Å²) in [4.78, 5) is 2.29. The van der Waals surface area contributed by atoms with Gasteiger partial charge in [-0.05, 0) is 31.4 Å². The van der Waals surface area contributed by atoms with Gasteiger partial charge in [-0.15, -0.1) is 0 Å². The van der Waals surface area contributed by atoms with Gasteiger partial charge in [0.05, 0.1) is 6.10 Å². The van der Waals surface area contributed by atoms with Crippen molar-refractivity contribution in [3.8, 4) is 0 Å². The van der Waals surface area contributed by atoms with Crippen molar-refractivity contribution >= 4 is 0 Å². The molecule has 106 valence electrons. The zero-order chi connectivity index (χ0) is 13.8. The molecule has 0 radical (unpaired) electrons. The molecule has 1 aliphatic rings. The molecule has 0 aliphatic carbocycles. The van der Waals surface area contributed by atoms with Crippen LogP contribution in [0.2, 0.25) is 0 Å². The number of nitrogens with zero attached hydrogens (tertiary/aromatic N) is 1. The maximum absolute atomic E-state index is 13.5. The van der Waals surface area contributed by atoms with Gasteiger partial charge in [0, 0.05) is 18.7 Å². The lowest BCUT2D eigenvalue weighted by molar-refractivity contribution is 0.143. The zero-order valence-electron chi connectivity index (χ0n) is 11.3. The van der Waals surface area contributed by atoms with Crippen LogP contribution in [0.15, 0.2) is 18.2 Å². The third-order valence-electron chi connectivity index (χ3n) is 4.01. The van der Waals surface area contributed by atoms with Crippen LogP contribution in [0.3, 0.4) is 0 Å². The van der Waals surface area contributed by atoms with Gasteiger partial charge in [0.25, 0.3) is 0 Å². The minimum Gasteiger partial charge on any atom is -0.388 e. The van der Waals surface area contributed by atoms with Crippen LogP contribution in [0, 0.1) is 17.6 Å². The van der Waals surface area contributed by atoms with Gasteiger partial charge in [-0.3, -0.25) is 0 Å². The summed E-state index contributed by atoms with van der Waals surface area (Å²) < 4.78 is 26.6. The molecule has 0 spiro atoms. The first-order valence-electron chi connectivity index (χ1n) is 6.96. The summed E-state index contributed by atoms with van der Waals surface area (Å²) in [7, 11) is 0. The third kappa shape index (κ3) is 3.51. The highest BCUT2D eigenvalue weighted by molar-refractivity contribution is 5.21. The average Bonchev–Trinajstić information content (AvgIpc) is 2.87. The molecule has 1 fully saturated rings. The van der Waals surface area contributed by atoms with E-state index >= 15 is 0 Å². The van der Waals surface area contributed by atoms with E-state index in [9.17, 15) is 13.9 Å². The first-order valence-corrected chi connectivity index (χ1v) is 6.96. The van der Waals surface area contributed by atoms with Gasteiger partial charge < -0.3 is 10.0 Å². The molecule has 1 N–H and O–H groups in total. The molecule has 1 aromatic carbocycles. The van der Waals surface area contributed by atoms with E-state index < -0.39 is 17.7 Å². The van der Waals surface area contributed by atoms with Crippen molar-refractivity contribution in [1.82, 2.24) is 4.90 Å². The van der Waals surface area contributed by atoms with Gasteiger partial charge in [0.2, 0.25) is 0 Å². The molecule has 0 bridgehead atoms. The molecule has 2 rings (SSSR count). The van der Waals surface area contributed by atoms with E-state index in [0.717, 1.165) is 31.6 Å². The molecule has 0 amide bonds. The predicted molar refractivity (Wildman–Crippen MR) is 70.8 cm³/mol. The zero-order valence-corrected chi connectivity index (χ0v) is 11.3. The Kier molecular flexibility index (Phi) is 4.88. The quantitative estimate of drug-likeness (QED) is 0.887. The van der Waals surface area contributed by atoms with Gasteiger partial charge in [-0.1, -0.05) is 25.5 Å². The first-order chi connectivity index (χ1) is 9.11. The van der Waals surface area contributed by atoms with Crippen molar-refractivity contribution in [2.45, 2.75) is 32.3 Å². The number of rotatable bonds is 5. The predicted octanol–water partition coefficient (Wildman–Crippen LogP) is 3.12. The number of hydrogen-bond acceptors (Lipinski definition) is 2. The fourth-order valence-corrected chi connectivity index (χ4v) is 2.69. The normalized spacial score (nSPS) is 21.8. The molecule has 1 aromatic rings. The lowest BCUT2D eigenvalue weighted by atomic mass is 10.1. The molecule has 1 aliphatic heterocycles. The van der Waals surface area contributed by atoms with Gasteiger partial charge in [0.15, 0.2) is 11.6 Å².